The van der Waals surface area contributed by atoms with Gasteiger partial charge in [-0.25, -0.2) is 0 Å². The Morgan fingerprint density at radius 2 is 2.31 bits per heavy atom. The predicted molar refractivity (Wildman–Crippen MR) is 72.7 cm³/mol. The normalized spacial score (nSPS) is 17.6. The maximum atomic E-state index is 6.22. The highest BCUT2D eigenvalue weighted by atomic mass is 35.5. The highest BCUT2D eigenvalue weighted by Gasteiger charge is 2.22. The van der Waals surface area contributed by atoms with Gasteiger partial charge in [-0.3, -0.25) is 0 Å². The number of thiophene rings is 1. The van der Waals surface area contributed by atoms with E-state index in [4.69, 9.17) is 23.2 Å². The van der Waals surface area contributed by atoms with E-state index in [2.05, 4.69) is 18.3 Å². The Balaban J connectivity index is 2.28. The van der Waals surface area contributed by atoms with Crippen LogP contribution in [0.4, 0.5) is 0 Å². The van der Waals surface area contributed by atoms with E-state index >= 15 is 0 Å². The van der Waals surface area contributed by atoms with Crippen LogP contribution in [0.5, 0.6) is 0 Å². The standard InChI is InChI=1S/C12H15Cl2NS/c1-2-15-11(8-5-3-4-6-8)9-7-10(13)16-12(9)14/h5,7,11,15H,2-4,6H2,1H3. The van der Waals surface area contributed by atoms with Crippen LogP contribution in [0.25, 0.3) is 0 Å². The zero-order valence-electron chi connectivity index (χ0n) is 9.22. The Morgan fingerprint density at radius 1 is 1.50 bits per heavy atom. The van der Waals surface area contributed by atoms with Crippen molar-refractivity contribution in [3.63, 3.8) is 0 Å². The fourth-order valence-electron chi connectivity index (χ4n) is 2.15. The van der Waals surface area contributed by atoms with Gasteiger partial charge in [-0.1, -0.05) is 41.8 Å². The average Bonchev–Trinajstić information content (AvgIpc) is 2.85. The van der Waals surface area contributed by atoms with E-state index in [1.54, 1.807) is 0 Å². The van der Waals surface area contributed by atoms with Crippen LogP contribution >= 0.6 is 34.5 Å². The highest BCUT2D eigenvalue weighted by molar-refractivity contribution is 7.20. The summed E-state index contributed by atoms with van der Waals surface area (Å²) >= 11 is 13.7. The van der Waals surface area contributed by atoms with Gasteiger partial charge in [-0.05, 0) is 31.9 Å². The summed E-state index contributed by atoms with van der Waals surface area (Å²) in [7, 11) is 0. The van der Waals surface area contributed by atoms with Gasteiger partial charge >= 0.3 is 0 Å². The first-order valence-electron chi connectivity index (χ1n) is 5.59. The van der Waals surface area contributed by atoms with Gasteiger partial charge in [-0.2, -0.15) is 0 Å². The largest absolute Gasteiger partial charge is 0.307 e. The molecule has 0 saturated carbocycles. The zero-order chi connectivity index (χ0) is 11.5. The van der Waals surface area contributed by atoms with Crippen LogP contribution in [0, 0.1) is 0 Å². The topological polar surface area (TPSA) is 12.0 Å². The fraction of sp³-hybridized carbons (Fsp3) is 0.500. The second-order valence-corrected chi connectivity index (χ2v) is 6.23. The van der Waals surface area contributed by atoms with E-state index in [1.165, 1.54) is 36.2 Å². The maximum Gasteiger partial charge on any atom is 0.0995 e. The molecule has 88 valence electrons. The molecule has 1 unspecified atom stereocenters. The van der Waals surface area contributed by atoms with Gasteiger partial charge in [0.2, 0.25) is 0 Å². The van der Waals surface area contributed by atoms with Crippen LogP contribution in [0.1, 0.15) is 37.8 Å². The summed E-state index contributed by atoms with van der Waals surface area (Å²) in [6, 6.07) is 2.24. The molecule has 1 heterocycles. The van der Waals surface area contributed by atoms with Crippen LogP contribution in [0.15, 0.2) is 17.7 Å². The second-order valence-electron chi connectivity index (χ2n) is 3.94. The van der Waals surface area contributed by atoms with E-state index in [0.717, 1.165) is 20.8 Å². The lowest BCUT2D eigenvalue weighted by molar-refractivity contribution is 0.607. The Labute approximate surface area is 110 Å². The van der Waals surface area contributed by atoms with Crippen molar-refractivity contribution >= 4 is 34.5 Å². The second kappa shape index (κ2) is 5.54. The Morgan fingerprint density at radius 3 is 2.81 bits per heavy atom. The smallest absolute Gasteiger partial charge is 0.0995 e. The number of hydrogen-bond acceptors (Lipinski definition) is 2. The molecular formula is C12H15Cl2NS. The molecule has 0 aromatic carbocycles. The quantitative estimate of drug-likeness (QED) is 0.778. The zero-order valence-corrected chi connectivity index (χ0v) is 11.6. The van der Waals surface area contributed by atoms with Crippen molar-refractivity contribution in [3.8, 4) is 0 Å². The lowest BCUT2D eigenvalue weighted by Crippen LogP contribution is -2.22. The lowest BCUT2D eigenvalue weighted by atomic mass is 10.0. The molecule has 1 aromatic rings. The summed E-state index contributed by atoms with van der Waals surface area (Å²) in [5, 5.41) is 3.49. The van der Waals surface area contributed by atoms with Crippen molar-refractivity contribution in [1.82, 2.24) is 5.32 Å². The molecule has 1 aliphatic rings. The Hall–Kier alpha value is -0.0200. The van der Waals surface area contributed by atoms with Gasteiger partial charge in [0.25, 0.3) is 0 Å². The van der Waals surface area contributed by atoms with Crippen molar-refractivity contribution in [1.29, 1.82) is 0 Å². The van der Waals surface area contributed by atoms with E-state index in [0.29, 0.717) is 0 Å². The molecule has 0 fully saturated rings. The molecule has 0 radical (unpaired) electrons. The first-order valence-corrected chi connectivity index (χ1v) is 7.16. The minimum absolute atomic E-state index is 0.253. The van der Waals surface area contributed by atoms with Crippen molar-refractivity contribution in [2.24, 2.45) is 0 Å². The minimum Gasteiger partial charge on any atom is -0.307 e. The van der Waals surface area contributed by atoms with Crippen molar-refractivity contribution in [2.75, 3.05) is 6.54 Å². The summed E-state index contributed by atoms with van der Waals surface area (Å²) < 4.78 is 1.57. The number of rotatable bonds is 4. The molecule has 1 aliphatic carbocycles. The van der Waals surface area contributed by atoms with Crippen LogP contribution in [-0.2, 0) is 0 Å². The monoisotopic (exact) mass is 275 g/mol. The summed E-state index contributed by atoms with van der Waals surface area (Å²) in [5.74, 6) is 0. The molecule has 0 amide bonds. The molecule has 16 heavy (non-hydrogen) atoms. The molecule has 0 bridgehead atoms. The number of allylic oxidation sites excluding steroid dienone is 1. The van der Waals surface area contributed by atoms with Crippen LogP contribution in [-0.4, -0.2) is 6.54 Å². The molecule has 1 atom stereocenters. The summed E-state index contributed by atoms with van der Waals surface area (Å²) in [6.07, 6.45) is 5.94. The first-order chi connectivity index (χ1) is 7.72. The van der Waals surface area contributed by atoms with Crippen molar-refractivity contribution < 1.29 is 0 Å². The summed E-state index contributed by atoms with van der Waals surface area (Å²) in [5.41, 5.74) is 2.59. The number of nitrogens with one attached hydrogen (secondary N) is 1. The van der Waals surface area contributed by atoms with Gasteiger partial charge in [0, 0.05) is 5.56 Å². The van der Waals surface area contributed by atoms with E-state index in [-0.39, 0.29) is 6.04 Å². The third kappa shape index (κ3) is 2.62. The number of likely N-dealkylation sites (N-methyl/N-ethyl adjacent to an activating group) is 1. The van der Waals surface area contributed by atoms with Crippen molar-refractivity contribution in [2.45, 2.75) is 32.2 Å². The molecule has 2 rings (SSSR count). The van der Waals surface area contributed by atoms with Gasteiger partial charge in [0.05, 0.1) is 14.7 Å². The van der Waals surface area contributed by atoms with Gasteiger partial charge in [-0.15, -0.1) is 11.3 Å². The predicted octanol–water partition coefficient (Wildman–Crippen LogP) is 4.82. The van der Waals surface area contributed by atoms with E-state index in [9.17, 15) is 0 Å². The number of halogens is 2. The van der Waals surface area contributed by atoms with Gasteiger partial charge in [0.1, 0.15) is 0 Å². The van der Waals surface area contributed by atoms with Gasteiger partial charge < -0.3 is 5.32 Å². The summed E-state index contributed by atoms with van der Waals surface area (Å²) in [6.45, 7) is 3.05. The Bertz CT molecular complexity index is 398. The molecule has 0 aliphatic heterocycles. The fourth-order valence-corrected chi connectivity index (χ4v) is 3.68. The molecule has 1 aromatic heterocycles. The molecular weight excluding hydrogens is 261 g/mol. The SMILES string of the molecule is CCNC(C1=CCCC1)c1cc(Cl)sc1Cl. The van der Waals surface area contributed by atoms with E-state index < -0.39 is 0 Å². The average molecular weight is 276 g/mol. The maximum absolute atomic E-state index is 6.22. The minimum atomic E-state index is 0.253. The Kier molecular flexibility index (Phi) is 4.31. The van der Waals surface area contributed by atoms with Gasteiger partial charge in [0.15, 0.2) is 0 Å². The first kappa shape index (κ1) is 12.4. The number of hydrogen-bond donors (Lipinski definition) is 1. The molecule has 1 nitrogen and oxygen atoms in total. The molecule has 0 spiro atoms. The molecule has 4 heteroatoms. The molecule has 0 saturated heterocycles. The lowest BCUT2D eigenvalue weighted by Gasteiger charge is -2.19. The van der Waals surface area contributed by atoms with Crippen LogP contribution < -0.4 is 5.32 Å². The summed E-state index contributed by atoms with van der Waals surface area (Å²) in [4.78, 5) is 0. The van der Waals surface area contributed by atoms with Crippen molar-refractivity contribution in [3.05, 3.63) is 32.0 Å². The highest BCUT2D eigenvalue weighted by Crippen LogP contribution is 2.39. The van der Waals surface area contributed by atoms with Crippen LogP contribution in [0.3, 0.4) is 0 Å². The van der Waals surface area contributed by atoms with E-state index in [1.807, 2.05) is 6.07 Å². The third-order valence-electron chi connectivity index (χ3n) is 2.85. The third-order valence-corrected chi connectivity index (χ3v) is 4.37. The van der Waals surface area contributed by atoms with Crippen LogP contribution in [0.2, 0.25) is 8.67 Å². The molecule has 1 N–H and O–H groups in total.